The van der Waals surface area contributed by atoms with Gasteiger partial charge in [0.1, 0.15) is 18.9 Å². The predicted molar refractivity (Wildman–Crippen MR) is 86.7 cm³/mol. The van der Waals surface area contributed by atoms with Crippen LogP contribution in [0.25, 0.3) is 0 Å². The second kappa shape index (κ2) is 11.7. The van der Waals surface area contributed by atoms with E-state index in [1.54, 1.807) is 0 Å². The minimum Gasteiger partial charge on any atom is -1.00 e. The fourth-order valence-corrected chi connectivity index (χ4v) is 2.36. The molecule has 0 amide bonds. The molecular weight excluding hydrogens is 393 g/mol. The van der Waals surface area contributed by atoms with Gasteiger partial charge < -0.3 is 38.3 Å². The van der Waals surface area contributed by atoms with Crippen LogP contribution in [0.3, 0.4) is 0 Å². The topological polar surface area (TPSA) is 46.5 Å². The van der Waals surface area contributed by atoms with E-state index in [-0.39, 0.29) is 37.8 Å². The van der Waals surface area contributed by atoms with Crippen LogP contribution in [-0.2, 0) is 4.79 Å². The standard InChI is InChI=1S/C16H25NO3.CH4.HI/c1-4-17(5-2,10-9-16(18)19)11-12-20-15-8-6-7-14(3)13-15;;/h6-8,13H,4-5,9-12H2,1-3H3;1H4;1H. The van der Waals surface area contributed by atoms with Crippen LogP contribution >= 0.6 is 0 Å². The van der Waals surface area contributed by atoms with Crippen molar-refractivity contribution in [3.05, 3.63) is 29.8 Å². The molecule has 0 aliphatic carbocycles. The summed E-state index contributed by atoms with van der Waals surface area (Å²) in [5, 5.41) is 8.86. The molecule has 0 heterocycles. The van der Waals surface area contributed by atoms with Gasteiger partial charge in [0.15, 0.2) is 0 Å². The number of benzene rings is 1. The summed E-state index contributed by atoms with van der Waals surface area (Å²) in [4.78, 5) is 10.8. The summed E-state index contributed by atoms with van der Waals surface area (Å²) in [7, 11) is 0. The van der Waals surface area contributed by atoms with Crippen molar-refractivity contribution in [3.63, 3.8) is 0 Å². The molecule has 5 heteroatoms. The molecule has 128 valence electrons. The van der Waals surface area contributed by atoms with Crippen LogP contribution in [0.2, 0.25) is 0 Å². The van der Waals surface area contributed by atoms with E-state index in [9.17, 15) is 4.79 Å². The molecule has 0 aromatic heterocycles. The zero-order chi connectivity index (χ0) is 15.0. The Labute approximate surface area is 152 Å². The Hall–Kier alpha value is -0.820. The van der Waals surface area contributed by atoms with Crippen LogP contribution in [0.5, 0.6) is 5.75 Å². The zero-order valence-corrected chi connectivity index (χ0v) is 15.3. The molecule has 0 atom stereocenters. The summed E-state index contributed by atoms with van der Waals surface area (Å²) in [6.07, 6.45) is 0.214. The van der Waals surface area contributed by atoms with E-state index in [1.165, 1.54) is 5.56 Å². The maximum absolute atomic E-state index is 10.8. The molecule has 1 aromatic rings. The van der Waals surface area contributed by atoms with Crippen LogP contribution in [0, 0.1) is 6.92 Å². The van der Waals surface area contributed by atoms with Crippen molar-refractivity contribution < 1.29 is 43.1 Å². The third-order valence-corrected chi connectivity index (χ3v) is 3.97. The Morgan fingerprint density at radius 3 is 2.36 bits per heavy atom. The first-order valence-corrected chi connectivity index (χ1v) is 7.27. The van der Waals surface area contributed by atoms with Crippen LogP contribution in [0.15, 0.2) is 24.3 Å². The largest absolute Gasteiger partial charge is 1.00 e. The first-order chi connectivity index (χ1) is 9.51. The Bertz CT molecular complexity index is 434. The molecule has 0 aliphatic heterocycles. The molecule has 22 heavy (non-hydrogen) atoms. The van der Waals surface area contributed by atoms with Crippen molar-refractivity contribution in [1.82, 2.24) is 0 Å². The summed E-state index contributed by atoms with van der Waals surface area (Å²) in [6, 6.07) is 8.00. The van der Waals surface area contributed by atoms with Crippen LogP contribution in [-0.4, -0.2) is 48.3 Å². The van der Waals surface area contributed by atoms with Crippen molar-refractivity contribution in [3.8, 4) is 5.75 Å². The smallest absolute Gasteiger partial charge is 0.309 e. The van der Waals surface area contributed by atoms with Gasteiger partial charge in [0.2, 0.25) is 0 Å². The molecule has 0 aliphatic rings. The Morgan fingerprint density at radius 2 is 1.86 bits per heavy atom. The van der Waals surface area contributed by atoms with Crippen LogP contribution in [0.1, 0.15) is 33.3 Å². The Balaban J connectivity index is 0. The number of rotatable bonds is 9. The van der Waals surface area contributed by atoms with E-state index in [1.807, 2.05) is 31.2 Å². The highest BCUT2D eigenvalue weighted by atomic mass is 127. The quantitative estimate of drug-likeness (QED) is 0.461. The highest BCUT2D eigenvalue weighted by molar-refractivity contribution is 5.66. The van der Waals surface area contributed by atoms with Crippen molar-refractivity contribution in [2.24, 2.45) is 0 Å². The van der Waals surface area contributed by atoms with E-state index in [4.69, 9.17) is 9.84 Å². The van der Waals surface area contributed by atoms with E-state index in [0.717, 1.165) is 29.9 Å². The summed E-state index contributed by atoms with van der Waals surface area (Å²) in [5.74, 6) is 0.155. The Kier molecular flexibility index (Phi) is 12.5. The van der Waals surface area contributed by atoms with E-state index in [2.05, 4.69) is 13.8 Å². The second-order valence-corrected chi connectivity index (χ2v) is 5.23. The van der Waals surface area contributed by atoms with E-state index >= 15 is 0 Å². The number of carboxylic acids is 1. The molecule has 4 nitrogen and oxygen atoms in total. The molecule has 0 saturated carbocycles. The van der Waals surface area contributed by atoms with Crippen LogP contribution < -0.4 is 28.7 Å². The number of carboxylic acid groups (broad SMARTS) is 1. The Morgan fingerprint density at radius 1 is 1.23 bits per heavy atom. The fourth-order valence-electron chi connectivity index (χ4n) is 2.36. The lowest BCUT2D eigenvalue weighted by molar-refractivity contribution is -0.924. The lowest BCUT2D eigenvalue weighted by Gasteiger charge is -2.36. The van der Waals surface area contributed by atoms with Gasteiger partial charge in [0.25, 0.3) is 0 Å². The summed E-state index contributed by atoms with van der Waals surface area (Å²) in [5.41, 5.74) is 1.18. The number of aliphatic carboxylic acids is 1. The number of nitrogens with zero attached hydrogens (tertiary/aromatic N) is 1. The van der Waals surface area contributed by atoms with Gasteiger partial charge in [-0.2, -0.15) is 0 Å². The van der Waals surface area contributed by atoms with Gasteiger partial charge >= 0.3 is 5.97 Å². The SMILES string of the molecule is C.CC[N+](CC)(CCOc1cccc(C)c1)CCC(=O)O.[I-]. The lowest BCUT2D eigenvalue weighted by atomic mass is 10.2. The van der Waals surface area contributed by atoms with Crippen molar-refractivity contribution in [2.45, 2.75) is 34.6 Å². The van der Waals surface area contributed by atoms with Gasteiger partial charge in [-0.15, -0.1) is 0 Å². The average molecular weight is 423 g/mol. The van der Waals surface area contributed by atoms with Gasteiger partial charge in [-0.3, -0.25) is 4.79 Å². The van der Waals surface area contributed by atoms with Crippen molar-refractivity contribution in [1.29, 1.82) is 0 Å². The highest BCUT2D eigenvalue weighted by Crippen LogP contribution is 2.14. The molecule has 1 N–H and O–H groups in total. The van der Waals surface area contributed by atoms with Crippen molar-refractivity contribution in [2.75, 3.05) is 32.8 Å². The van der Waals surface area contributed by atoms with E-state index < -0.39 is 5.97 Å². The molecule has 1 aromatic carbocycles. The number of ether oxygens (including phenoxy) is 1. The average Bonchev–Trinajstić information content (AvgIpc) is 2.43. The highest BCUT2D eigenvalue weighted by Gasteiger charge is 2.24. The maximum atomic E-state index is 10.8. The molecule has 0 unspecified atom stereocenters. The minimum atomic E-state index is -0.728. The second-order valence-electron chi connectivity index (χ2n) is 5.23. The normalized spacial score (nSPS) is 10.3. The number of aryl methyl sites for hydroxylation is 1. The summed E-state index contributed by atoms with van der Waals surface area (Å²) >= 11 is 0. The number of quaternary nitrogens is 1. The molecule has 0 fully saturated rings. The molecule has 0 bridgehead atoms. The van der Waals surface area contributed by atoms with Crippen LogP contribution in [0.4, 0.5) is 0 Å². The predicted octanol–water partition coefficient (Wildman–Crippen LogP) is 0.345. The van der Waals surface area contributed by atoms with Gasteiger partial charge in [-0.05, 0) is 38.5 Å². The minimum absolute atomic E-state index is 0. The third-order valence-electron chi connectivity index (χ3n) is 3.97. The summed E-state index contributed by atoms with van der Waals surface area (Å²) < 4.78 is 6.58. The number of halogens is 1. The molecule has 0 spiro atoms. The first kappa shape index (κ1) is 23.4. The first-order valence-electron chi connectivity index (χ1n) is 7.27. The third kappa shape index (κ3) is 7.98. The lowest BCUT2D eigenvalue weighted by Crippen LogP contribution is -3.00. The number of likely N-dealkylation sites (N-methyl/N-ethyl adjacent to an activating group) is 1. The molecular formula is C17H30INO3. The maximum Gasteiger partial charge on any atom is 0.309 e. The van der Waals surface area contributed by atoms with Gasteiger partial charge in [-0.25, -0.2) is 0 Å². The molecule has 1 rings (SSSR count). The number of hydrogen-bond donors (Lipinski definition) is 1. The summed E-state index contributed by atoms with van der Waals surface area (Å²) in [6.45, 7) is 10.2. The number of hydrogen-bond acceptors (Lipinski definition) is 2. The van der Waals surface area contributed by atoms with Gasteiger partial charge in [-0.1, -0.05) is 19.6 Å². The van der Waals surface area contributed by atoms with Gasteiger partial charge in [0.05, 0.1) is 26.1 Å². The van der Waals surface area contributed by atoms with Crippen molar-refractivity contribution >= 4 is 5.97 Å². The molecule has 0 saturated heterocycles. The number of carbonyl (C=O) groups is 1. The van der Waals surface area contributed by atoms with Gasteiger partial charge in [0, 0.05) is 0 Å². The molecule has 0 radical (unpaired) electrons. The monoisotopic (exact) mass is 423 g/mol. The fraction of sp³-hybridized carbons (Fsp3) is 0.588. The zero-order valence-electron chi connectivity index (χ0n) is 13.1. The van der Waals surface area contributed by atoms with E-state index in [0.29, 0.717) is 13.2 Å².